The summed E-state index contributed by atoms with van der Waals surface area (Å²) in [4.78, 5) is 2.21. The lowest BCUT2D eigenvalue weighted by Gasteiger charge is -2.40. The van der Waals surface area contributed by atoms with Gasteiger partial charge in [0.25, 0.3) is 0 Å². The maximum absolute atomic E-state index is 7.97. The molecule has 2 aromatic carbocycles. The maximum atomic E-state index is 7.97. The maximum Gasteiger partial charge on any atom is 0.0430 e. The van der Waals surface area contributed by atoms with Gasteiger partial charge in [-0.05, 0) is 70.6 Å². The lowest BCUT2D eigenvalue weighted by atomic mass is 10.00. The molecule has 0 aliphatic rings. The number of aryl methyl sites for hydroxylation is 4. The predicted molar refractivity (Wildman–Crippen MR) is 107 cm³/mol. The molecule has 0 aromatic heterocycles. The van der Waals surface area contributed by atoms with Gasteiger partial charge in [-0.25, -0.2) is 0 Å². The zero-order valence-corrected chi connectivity index (χ0v) is 15.8. The van der Waals surface area contributed by atoms with Gasteiger partial charge in [0.05, 0.1) is 0 Å². The number of anilines is 2. The first kappa shape index (κ1) is 14.4. The minimum Gasteiger partial charge on any atom is -0.383 e. The van der Waals surface area contributed by atoms with Gasteiger partial charge in [0, 0.05) is 34.1 Å². The van der Waals surface area contributed by atoms with Gasteiger partial charge in [0.15, 0.2) is 0 Å². The standard InChI is InChI=1S/C22H32N2/c1-16-10-8-11-17(2)20(16)23-14-15-24(22(5,6)7)21-18(3)12-9-13-19(21)4/h8-13,23H,14-15H2,1-7H3/i3D3. The summed E-state index contributed by atoms with van der Waals surface area (Å²) in [6.45, 7) is 11.9. The highest BCUT2D eigenvalue weighted by molar-refractivity contribution is 5.61. The quantitative estimate of drug-likeness (QED) is 0.765. The molecule has 0 radical (unpaired) electrons. The SMILES string of the molecule is [2H]C([2H])([2H])c1cccc(C)c1N(CCNc1c(C)cccc1C)C(C)(C)C. The summed E-state index contributed by atoms with van der Waals surface area (Å²) < 4.78 is 23.9. The first-order valence-corrected chi connectivity index (χ1v) is 8.61. The van der Waals surface area contributed by atoms with Crippen molar-refractivity contribution < 1.29 is 4.11 Å². The molecule has 0 heterocycles. The monoisotopic (exact) mass is 327 g/mol. The molecule has 0 spiro atoms. The fraction of sp³-hybridized carbons (Fsp3) is 0.455. The summed E-state index contributed by atoms with van der Waals surface area (Å²) in [5.74, 6) is 0. The summed E-state index contributed by atoms with van der Waals surface area (Å²) in [7, 11) is 0. The zero-order chi connectivity index (χ0) is 20.4. The number of nitrogens with one attached hydrogen (secondary N) is 1. The number of hydrogen-bond donors (Lipinski definition) is 1. The Morgan fingerprint density at radius 3 is 2.00 bits per heavy atom. The molecule has 130 valence electrons. The first-order chi connectivity index (χ1) is 12.4. The van der Waals surface area contributed by atoms with Gasteiger partial charge in [-0.15, -0.1) is 0 Å². The predicted octanol–water partition coefficient (Wildman–Crippen LogP) is 5.64. The smallest absolute Gasteiger partial charge is 0.0430 e. The number of benzene rings is 2. The van der Waals surface area contributed by atoms with Crippen LogP contribution < -0.4 is 10.2 Å². The van der Waals surface area contributed by atoms with E-state index in [4.69, 9.17) is 4.11 Å². The van der Waals surface area contributed by atoms with Crippen molar-refractivity contribution in [2.24, 2.45) is 0 Å². The molecule has 2 heteroatoms. The average Bonchev–Trinajstić information content (AvgIpc) is 2.52. The number of nitrogens with zero attached hydrogens (tertiary/aromatic N) is 1. The molecule has 0 bridgehead atoms. The van der Waals surface area contributed by atoms with Gasteiger partial charge in [0.1, 0.15) is 0 Å². The second kappa shape index (κ2) is 7.29. The summed E-state index contributed by atoms with van der Waals surface area (Å²) in [5.41, 5.74) is 5.64. The third kappa shape index (κ3) is 4.11. The fourth-order valence-corrected chi connectivity index (χ4v) is 3.19. The molecular formula is C22H32N2. The fourth-order valence-electron chi connectivity index (χ4n) is 3.19. The van der Waals surface area contributed by atoms with Crippen LogP contribution in [0.3, 0.4) is 0 Å². The van der Waals surface area contributed by atoms with Crippen LogP contribution in [0.25, 0.3) is 0 Å². The van der Waals surface area contributed by atoms with E-state index in [2.05, 4.69) is 63.0 Å². The van der Waals surface area contributed by atoms with E-state index in [9.17, 15) is 0 Å². The van der Waals surface area contributed by atoms with E-state index in [0.29, 0.717) is 12.1 Å². The van der Waals surface area contributed by atoms with Crippen molar-refractivity contribution in [2.45, 2.75) is 53.9 Å². The molecule has 0 unspecified atom stereocenters. The van der Waals surface area contributed by atoms with E-state index in [0.717, 1.165) is 23.5 Å². The van der Waals surface area contributed by atoms with Crippen molar-refractivity contribution in [3.8, 4) is 0 Å². The van der Waals surface area contributed by atoms with Crippen LogP contribution in [0.15, 0.2) is 36.4 Å². The Morgan fingerprint density at radius 2 is 1.46 bits per heavy atom. The Hall–Kier alpha value is -1.96. The molecule has 2 aromatic rings. The molecule has 0 aliphatic carbocycles. The molecule has 2 rings (SSSR count). The number of para-hydroxylation sites is 2. The van der Waals surface area contributed by atoms with E-state index in [1.807, 2.05) is 19.1 Å². The third-order valence-corrected chi connectivity index (χ3v) is 4.44. The van der Waals surface area contributed by atoms with E-state index < -0.39 is 6.85 Å². The molecule has 0 saturated carbocycles. The summed E-state index contributed by atoms with van der Waals surface area (Å²) in [6.07, 6.45) is 0. The van der Waals surface area contributed by atoms with Crippen LogP contribution in [0.5, 0.6) is 0 Å². The highest BCUT2D eigenvalue weighted by Gasteiger charge is 2.24. The first-order valence-electron chi connectivity index (χ1n) is 10.1. The summed E-state index contributed by atoms with van der Waals surface area (Å²) in [5, 5.41) is 3.55. The largest absolute Gasteiger partial charge is 0.383 e. The minimum atomic E-state index is -2.13. The molecule has 24 heavy (non-hydrogen) atoms. The van der Waals surface area contributed by atoms with Crippen molar-refractivity contribution in [1.29, 1.82) is 0 Å². The normalized spacial score (nSPS) is 13.8. The van der Waals surface area contributed by atoms with Gasteiger partial charge < -0.3 is 10.2 Å². The summed E-state index contributed by atoms with van der Waals surface area (Å²) in [6, 6.07) is 11.8. The van der Waals surface area contributed by atoms with Crippen LogP contribution >= 0.6 is 0 Å². The van der Waals surface area contributed by atoms with Crippen molar-refractivity contribution in [2.75, 3.05) is 23.3 Å². The van der Waals surface area contributed by atoms with Gasteiger partial charge in [-0.2, -0.15) is 0 Å². The minimum absolute atomic E-state index is 0.200. The van der Waals surface area contributed by atoms with Crippen molar-refractivity contribution in [3.63, 3.8) is 0 Å². The van der Waals surface area contributed by atoms with Crippen LogP contribution in [-0.2, 0) is 0 Å². The topological polar surface area (TPSA) is 15.3 Å². The van der Waals surface area contributed by atoms with Gasteiger partial charge in [0.2, 0.25) is 0 Å². The van der Waals surface area contributed by atoms with Gasteiger partial charge in [-0.1, -0.05) is 36.4 Å². The molecule has 0 aliphatic heterocycles. The van der Waals surface area contributed by atoms with Crippen molar-refractivity contribution >= 4 is 11.4 Å². The van der Waals surface area contributed by atoms with Crippen LogP contribution in [0, 0.1) is 27.6 Å². The molecule has 0 amide bonds. The second-order valence-corrected chi connectivity index (χ2v) is 7.49. The number of rotatable bonds is 5. The summed E-state index contributed by atoms with van der Waals surface area (Å²) >= 11 is 0. The van der Waals surface area contributed by atoms with Crippen LogP contribution in [0.2, 0.25) is 0 Å². The van der Waals surface area contributed by atoms with Crippen molar-refractivity contribution in [1.82, 2.24) is 0 Å². The Labute approximate surface area is 152 Å². The van der Waals surface area contributed by atoms with Gasteiger partial charge in [-0.3, -0.25) is 0 Å². The Kier molecular flexibility index (Phi) is 4.37. The molecule has 1 N–H and O–H groups in total. The molecule has 0 saturated heterocycles. The lowest BCUT2D eigenvalue weighted by Crippen LogP contribution is -2.45. The van der Waals surface area contributed by atoms with E-state index in [-0.39, 0.29) is 5.54 Å². The number of hydrogen-bond acceptors (Lipinski definition) is 2. The third-order valence-electron chi connectivity index (χ3n) is 4.44. The van der Waals surface area contributed by atoms with Crippen LogP contribution in [0.1, 0.15) is 47.1 Å². The van der Waals surface area contributed by atoms with Crippen molar-refractivity contribution in [3.05, 3.63) is 58.7 Å². The van der Waals surface area contributed by atoms with E-state index in [1.165, 1.54) is 11.1 Å². The molecule has 2 nitrogen and oxygen atoms in total. The zero-order valence-electron chi connectivity index (χ0n) is 18.8. The highest BCUT2D eigenvalue weighted by Crippen LogP contribution is 2.30. The highest BCUT2D eigenvalue weighted by atomic mass is 15.2. The van der Waals surface area contributed by atoms with E-state index in [1.54, 1.807) is 6.07 Å². The molecular weight excluding hydrogens is 292 g/mol. The Morgan fingerprint density at radius 1 is 0.917 bits per heavy atom. The Bertz CT molecular complexity index is 769. The lowest BCUT2D eigenvalue weighted by molar-refractivity contribution is 0.507. The van der Waals surface area contributed by atoms with Crippen LogP contribution in [0.4, 0.5) is 11.4 Å². The average molecular weight is 328 g/mol. The Balaban J connectivity index is 2.33. The van der Waals surface area contributed by atoms with E-state index >= 15 is 0 Å². The second-order valence-electron chi connectivity index (χ2n) is 7.49. The molecule has 0 atom stereocenters. The molecule has 0 fully saturated rings. The van der Waals surface area contributed by atoms with Gasteiger partial charge >= 0.3 is 0 Å². The van der Waals surface area contributed by atoms with Crippen LogP contribution in [-0.4, -0.2) is 18.6 Å².